The SMILES string of the molecule is N.NC1CCCC1.[I][Pt][I]. The molecule has 0 bridgehead atoms. The van der Waals surface area contributed by atoms with Gasteiger partial charge in [0.05, 0.1) is 0 Å². The molecule has 0 aromatic rings. The zero-order valence-electron chi connectivity index (χ0n) is 5.76. The molecule has 0 radical (unpaired) electrons. The van der Waals surface area contributed by atoms with Crippen LogP contribution in [0.2, 0.25) is 0 Å². The van der Waals surface area contributed by atoms with Crippen LogP contribution in [-0.4, -0.2) is 6.04 Å². The zero-order chi connectivity index (χ0) is 7.11. The Labute approximate surface area is 92.2 Å². The van der Waals surface area contributed by atoms with Crippen LogP contribution in [0.15, 0.2) is 0 Å². The van der Waals surface area contributed by atoms with E-state index in [4.69, 9.17) is 5.73 Å². The van der Waals surface area contributed by atoms with Crippen molar-refractivity contribution >= 4 is 38.7 Å². The molecule has 0 unspecified atom stereocenters. The number of nitrogens with two attached hydrogens (primary N) is 1. The van der Waals surface area contributed by atoms with E-state index in [1.807, 2.05) is 0 Å². The average Bonchev–Trinajstić information content (AvgIpc) is 2.20. The number of hydrogen-bond donors (Lipinski definition) is 2. The molecular weight excluding hydrogens is 537 g/mol. The molecule has 1 aliphatic rings. The van der Waals surface area contributed by atoms with Crippen molar-refractivity contribution in [2.24, 2.45) is 5.73 Å². The summed E-state index contributed by atoms with van der Waals surface area (Å²) in [6.07, 6.45) is 5.25. The molecule has 5 N–H and O–H groups in total. The molecule has 1 saturated carbocycles. The molecule has 0 spiro atoms. The van der Waals surface area contributed by atoms with Gasteiger partial charge in [-0.2, -0.15) is 0 Å². The molecule has 68 valence electrons. The molecule has 0 heterocycles. The van der Waals surface area contributed by atoms with E-state index in [1.54, 1.807) is 0 Å². The standard InChI is InChI=1S/C5H11N.2HI.H3N.Pt/c6-5-3-1-2-4-5;;;;/h5H,1-4,6H2;2*1H;1H3;/q;;;;+2/p-2. The summed E-state index contributed by atoms with van der Waals surface area (Å²) in [5.41, 5.74) is 5.53. The topological polar surface area (TPSA) is 61.0 Å². The summed E-state index contributed by atoms with van der Waals surface area (Å²) in [6, 6.07) is 0.546. The molecule has 2 nitrogen and oxygen atoms in total. The first-order chi connectivity index (χ1) is 4.31. The maximum absolute atomic E-state index is 5.53. The molecule has 0 saturated heterocycles. The van der Waals surface area contributed by atoms with Crippen molar-refractivity contribution in [1.82, 2.24) is 6.15 Å². The third kappa shape index (κ3) is 10.1. The Bertz CT molecular complexity index is 59.6. The van der Waals surface area contributed by atoms with E-state index in [0.717, 1.165) is 0 Å². The van der Waals surface area contributed by atoms with Gasteiger partial charge in [0.15, 0.2) is 0 Å². The van der Waals surface area contributed by atoms with Crippen molar-refractivity contribution in [3.8, 4) is 0 Å². The maximum atomic E-state index is 5.53. The number of hydrogen-bond acceptors (Lipinski definition) is 2. The Hall–Kier alpha value is 2.07. The first-order valence-electron chi connectivity index (χ1n) is 2.89. The van der Waals surface area contributed by atoms with Crippen LogP contribution < -0.4 is 11.9 Å². The van der Waals surface area contributed by atoms with Crippen molar-refractivity contribution in [3.63, 3.8) is 0 Å². The van der Waals surface area contributed by atoms with Crippen molar-refractivity contribution in [2.45, 2.75) is 31.7 Å². The fourth-order valence-corrected chi connectivity index (χ4v) is 0.957. The summed E-state index contributed by atoms with van der Waals surface area (Å²) in [5, 5.41) is 0. The summed E-state index contributed by atoms with van der Waals surface area (Å²) in [6.45, 7) is 0. The fraction of sp³-hybridized carbons (Fsp3) is 1.00. The van der Waals surface area contributed by atoms with Crippen molar-refractivity contribution in [2.75, 3.05) is 0 Å². The minimum absolute atomic E-state index is 0. The van der Waals surface area contributed by atoms with Crippen LogP contribution in [0.1, 0.15) is 25.7 Å². The van der Waals surface area contributed by atoms with E-state index in [1.165, 1.54) is 25.7 Å². The van der Waals surface area contributed by atoms with Gasteiger partial charge in [-0.1, -0.05) is 12.8 Å². The number of rotatable bonds is 0. The Kier molecular flexibility index (Phi) is 16.1. The number of halogens is 2. The second-order valence-corrected chi connectivity index (χ2v) is 18.7. The summed E-state index contributed by atoms with van der Waals surface area (Å²) >= 11 is 5.30. The summed E-state index contributed by atoms with van der Waals surface area (Å²) in [7, 11) is 0. The van der Waals surface area contributed by atoms with Gasteiger partial charge in [0.25, 0.3) is 0 Å². The van der Waals surface area contributed by atoms with Gasteiger partial charge >= 0.3 is 49.9 Å². The fourth-order valence-electron chi connectivity index (χ4n) is 0.957. The van der Waals surface area contributed by atoms with Gasteiger partial charge in [0.1, 0.15) is 0 Å². The third-order valence-corrected chi connectivity index (χ3v) is 1.40. The van der Waals surface area contributed by atoms with Gasteiger partial charge in [-0.25, -0.2) is 0 Å². The van der Waals surface area contributed by atoms with E-state index >= 15 is 0 Å². The van der Waals surface area contributed by atoms with Crippen LogP contribution in [0.4, 0.5) is 0 Å². The van der Waals surface area contributed by atoms with Crippen LogP contribution in [0.5, 0.6) is 0 Å². The zero-order valence-corrected chi connectivity index (χ0v) is 12.3. The first-order valence-corrected chi connectivity index (χ1v) is 15.8. The molecule has 0 atom stereocenters. The molecule has 5 heteroatoms. The van der Waals surface area contributed by atoms with E-state index in [9.17, 15) is 0 Å². The monoisotopic (exact) mass is 551 g/mol. The third-order valence-electron chi connectivity index (χ3n) is 1.40. The summed E-state index contributed by atoms with van der Waals surface area (Å²) < 4.78 is 0. The Morgan fingerprint density at radius 3 is 1.60 bits per heavy atom. The molecule has 0 aromatic carbocycles. The predicted octanol–water partition coefficient (Wildman–Crippen LogP) is 2.82. The van der Waals surface area contributed by atoms with Gasteiger partial charge in [0.2, 0.25) is 0 Å². The van der Waals surface area contributed by atoms with Crippen LogP contribution in [0.25, 0.3) is 0 Å². The van der Waals surface area contributed by atoms with Gasteiger partial charge in [0, 0.05) is 6.04 Å². The average molecular weight is 551 g/mol. The molecule has 1 rings (SSSR count). The summed E-state index contributed by atoms with van der Waals surface area (Å²) in [4.78, 5) is 0. The van der Waals surface area contributed by atoms with E-state index < -0.39 is 0 Å². The van der Waals surface area contributed by atoms with Gasteiger partial charge in [-0.3, -0.25) is 0 Å². The Balaban J connectivity index is 0. The molecule has 0 aromatic heterocycles. The van der Waals surface area contributed by atoms with E-state index in [-0.39, 0.29) is 6.15 Å². The Morgan fingerprint density at radius 2 is 1.50 bits per heavy atom. The first kappa shape index (κ1) is 14.6. The molecule has 1 aliphatic carbocycles. The molecule has 0 amide bonds. The van der Waals surface area contributed by atoms with Crippen molar-refractivity contribution in [1.29, 1.82) is 0 Å². The van der Waals surface area contributed by atoms with Crippen LogP contribution in [0.3, 0.4) is 0 Å². The van der Waals surface area contributed by atoms with E-state index in [2.05, 4.69) is 38.7 Å². The van der Waals surface area contributed by atoms with E-state index in [0.29, 0.717) is 17.2 Å². The van der Waals surface area contributed by atoms with Crippen LogP contribution in [-0.2, 0) is 11.2 Å². The summed E-state index contributed by atoms with van der Waals surface area (Å²) in [5.74, 6) is 0. The Morgan fingerprint density at radius 1 is 1.20 bits per heavy atom. The quantitative estimate of drug-likeness (QED) is 0.456. The van der Waals surface area contributed by atoms with Crippen LogP contribution >= 0.6 is 38.7 Å². The molecule has 10 heavy (non-hydrogen) atoms. The van der Waals surface area contributed by atoms with Crippen molar-refractivity contribution in [3.05, 3.63) is 0 Å². The molecular formula is C5H14I2N2Pt. The van der Waals surface area contributed by atoms with Gasteiger partial charge in [-0.05, 0) is 12.8 Å². The van der Waals surface area contributed by atoms with Gasteiger partial charge < -0.3 is 11.9 Å². The van der Waals surface area contributed by atoms with Crippen molar-refractivity contribution < 1.29 is 11.2 Å². The second kappa shape index (κ2) is 11.1. The predicted molar refractivity (Wildman–Crippen MR) is 59.5 cm³/mol. The minimum atomic E-state index is 0. The second-order valence-electron chi connectivity index (χ2n) is 2.09. The van der Waals surface area contributed by atoms with Gasteiger partial charge in [-0.15, -0.1) is 0 Å². The normalized spacial score (nSPS) is 17.5. The molecule has 0 aliphatic heterocycles. The van der Waals surface area contributed by atoms with Crippen LogP contribution in [0, 0.1) is 0 Å². The molecule has 1 fully saturated rings.